The number of amides is 1. The molecule has 0 aliphatic carbocycles. The zero-order valence-electron chi connectivity index (χ0n) is 15.9. The topological polar surface area (TPSA) is 89.3 Å². The van der Waals surface area contributed by atoms with Gasteiger partial charge in [-0.15, -0.1) is 0 Å². The minimum atomic E-state index is -0.682. The van der Waals surface area contributed by atoms with Gasteiger partial charge in [-0.1, -0.05) is 18.2 Å². The van der Waals surface area contributed by atoms with Gasteiger partial charge in [-0.2, -0.15) is 0 Å². The molecule has 1 aliphatic heterocycles. The predicted octanol–water partition coefficient (Wildman–Crippen LogP) is 1.13. The van der Waals surface area contributed by atoms with Gasteiger partial charge >= 0.3 is 11.6 Å². The molecule has 0 spiro atoms. The fourth-order valence-corrected chi connectivity index (χ4v) is 3.11. The van der Waals surface area contributed by atoms with Crippen LogP contribution in [0.2, 0.25) is 0 Å². The normalized spacial score (nSPS) is 14.8. The van der Waals surface area contributed by atoms with Crippen LogP contribution in [0.25, 0.3) is 11.0 Å². The van der Waals surface area contributed by atoms with Gasteiger partial charge in [0.1, 0.15) is 11.1 Å². The molecule has 1 amide bonds. The molecule has 2 aromatic rings. The number of hydrogen-bond acceptors (Lipinski definition) is 7. The van der Waals surface area contributed by atoms with Crippen LogP contribution in [0.5, 0.6) is 0 Å². The number of carbonyl (C=O) groups is 2. The van der Waals surface area contributed by atoms with Gasteiger partial charge in [0.05, 0.1) is 26.7 Å². The first-order valence-electron chi connectivity index (χ1n) is 9.27. The average Bonchev–Trinajstić information content (AvgIpc) is 2.73. The molecule has 8 nitrogen and oxygen atoms in total. The van der Waals surface area contributed by atoms with E-state index in [2.05, 4.69) is 9.64 Å². The van der Waals surface area contributed by atoms with Crippen LogP contribution >= 0.6 is 0 Å². The Kier molecular flexibility index (Phi) is 6.78. The van der Waals surface area contributed by atoms with E-state index in [4.69, 9.17) is 9.15 Å². The highest BCUT2D eigenvalue weighted by Gasteiger charge is 2.22. The first-order chi connectivity index (χ1) is 13.6. The maximum absolute atomic E-state index is 13.1. The van der Waals surface area contributed by atoms with Crippen molar-refractivity contribution in [1.82, 2.24) is 9.80 Å². The molecule has 28 heavy (non-hydrogen) atoms. The van der Waals surface area contributed by atoms with Crippen molar-refractivity contribution in [2.75, 3.05) is 53.0 Å². The zero-order valence-corrected chi connectivity index (χ0v) is 15.9. The van der Waals surface area contributed by atoms with Crippen molar-refractivity contribution in [1.29, 1.82) is 0 Å². The number of methoxy groups -OCH3 is 1. The van der Waals surface area contributed by atoms with Crippen LogP contribution in [0.15, 0.2) is 39.5 Å². The minimum absolute atomic E-state index is 0.0365. The van der Waals surface area contributed by atoms with Crippen LogP contribution < -0.4 is 5.63 Å². The summed E-state index contributed by atoms with van der Waals surface area (Å²) in [5.41, 5.74) is -0.290. The van der Waals surface area contributed by atoms with Crippen molar-refractivity contribution in [3.05, 3.63) is 46.3 Å². The molecule has 1 aromatic heterocycles. The van der Waals surface area contributed by atoms with Crippen molar-refractivity contribution in [3.63, 3.8) is 0 Å². The highest BCUT2D eigenvalue weighted by atomic mass is 16.5. The summed E-state index contributed by atoms with van der Waals surface area (Å²) in [5.74, 6) is -0.855. The number of esters is 1. The van der Waals surface area contributed by atoms with E-state index in [1.807, 2.05) is 6.07 Å². The van der Waals surface area contributed by atoms with Gasteiger partial charge in [-0.05, 0) is 12.1 Å². The quantitative estimate of drug-likeness (QED) is 0.519. The second-order valence-corrected chi connectivity index (χ2v) is 6.56. The van der Waals surface area contributed by atoms with Gasteiger partial charge in [0.15, 0.2) is 0 Å². The molecule has 1 aromatic carbocycles. The molecule has 0 unspecified atom stereocenters. The lowest BCUT2D eigenvalue weighted by Crippen LogP contribution is -2.44. The minimum Gasteiger partial charge on any atom is -0.469 e. The molecule has 1 saturated heterocycles. The first-order valence-corrected chi connectivity index (χ1v) is 9.27. The van der Waals surface area contributed by atoms with E-state index in [1.165, 1.54) is 12.0 Å². The molecule has 3 rings (SSSR count). The number of rotatable bonds is 7. The smallest absolute Gasteiger partial charge is 0.349 e. The van der Waals surface area contributed by atoms with Gasteiger partial charge in [-0.25, -0.2) is 4.79 Å². The van der Waals surface area contributed by atoms with Crippen LogP contribution in [0.1, 0.15) is 16.8 Å². The number of fused-ring (bicyclic) bond motifs is 1. The third-order valence-corrected chi connectivity index (χ3v) is 4.76. The number of nitrogens with zero attached hydrogens (tertiary/aromatic N) is 2. The predicted molar refractivity (Wildman–Crippen MR) is 102 cm³/mol. The number of hydrogen-bond donors (Lipinski definition) is 0. The van der Waals surface area contributed by atoms with E-state index in [0.29, 0.717) is 37.3 Å². The highest BCUT2D eigenvalue weighted by Crippen LogP contribution is 2.14. The number of morpholine rings is 1. The first kappa shape index (κ1) is 20.0. The molecular formula is C20H24N2O6. The van der Waals surface area contributed by atoms with E-state index in [0.717, 1.165) is 13.1 Å². The van der Waals surface area contributed by atoms with E-state index in [9.17, 15) is 14.4 Å². The molecular weight excluding hydrogens is 364 g/mol. The number of ether oxygens (including phenoxy) is 2. The molecule has 2 heterocycles. The number of benzene rings is 1. The summed E-state index contributed by atoms with van der Waals surface area (Å²) in [6, 6.07) is 8.57. The van der Waals surface area contributed by atoms with E-state index in [1.54, 1.807) is 24.3 Å². The highest BCUT2D eigenvalue weighted by molar-refractivity contribution is 5.96. The van der Waals surface area contributed by atoms with Crippen LogP contribution in [-0.4, -0.2) is 74.7 Å². The molecule has 150 valence electrons. The Labute approximate surface area is 162 Å². The SMILES string of the molecule is COC(=O)CCN(CCN1CCOCC1)C(=O)c1cc2ccccc2oc1=O. The van der Waals surface area contributed by atoms with Gasteiger partial charge in [-0.3, -0.25) is 14.5 Å². The van der Waals surface area contributed by atoms with E-state index >= 15 is 0 Å². The second-order valence-electron chi connectivity index (χ2n) is 6.56. The van der Waals surface area contributed by atoms with Gasteiger partial charge in [0, 0.05) is 38.1 Å². The summed E-state index contributed by atoms with van der Waals surface area (Å²) in [5, 5.41) is 0.673. The van der Waals surface area contributed by atoms with Gasteiger partial charge in [0.2, 0.25) is 0 Å². The van der Waals surface area contributed by atoms with Crippen molar-refractivity contribution in [2.24, 2.45) is 0 Å². The van der Waals surface area contributed by atoms with E-state index in [-0.39, 0.29) is 18.5 Å². The maximum Gasteiger partial charge on any atom is 0.349 e. The summed E-state index contributed by atoms with van der Waals surface area (Å²) in [6.07, 6.45) is 0.0598. The third-order valence-electron chi connectivity index (χ3n) is 4.76. The summed E-state index contributed by atoms with van der Waals surface area (Å²) in [7, 11) is 1.31. The number of para-hydroxylation sites is 1. The number of carbonyl (C=O) groups excluding carboxylic acids is 2. The Bertz CT molecular complexity index is 888. The fraction of sp³-hybridized carbons (Fsp3) is 0.450. The van der Waals surface area contributed by atoms with Crippen molar-refractivity contribution < 1.29 is 23.5 Å². The van der Waals surface area contributed by atoms with Gasteiger partial charge in [0.25, 0.3) is 5.91 Å². The zero-order chi connectivity index (χ0) is 19.9. The maximum atomic E-state index is 13.1. The Balaban J connectivity index is 1.79. The molecule has 0 N–H and O–H groups in total. The standard InChI is InChI=1S/C20H24N2O6/c1-26-18(23)6-7-22(9-8-21-10-12-27-13-11-21)19(24)16-14-15-4-2-3-5-17(15)28-20(16)25/h2-5,14H,6-13H2,1H3. The lowest BCUT2D eigenvalue weighted by molar-refractivity contribution is -0.140. The lowest BCUT2D eigenvalue weighted by Gasteiger charge is -2.30. The summed E-state index contributed by atoms with van der Waals surface area (Å²) in [4.78, 5) is 40.6. The van der Waals surface area contributed by atoms with Crippen molar-refractivity contribution in [2.45, 2.75) is 6.42 Å². The third kappa shape index (κ3) is 4.96. The van der Waals surface area contributed by atoms with Crippen molar-refractivity contribution >= 4 is 22.8 Å². The fourth-order valence-electron chi connectivity index (χ4n) is 3.11. The molecule has 0 radical (unpaired) electrons. The van der Waals surface area contributed by atoms with Crippen LogP contribution in [0, 0.1) is 0 Å². The Morgan fingerprint density at radius 3 is 2.68 bits per heavy atom. The molecule has 8 heteroatoms. The second kappa shape index (κ2) is 9.48. The van der Waals surface area contributed by atoms with Gasteiger partial charge < -0.3 is 18.8 Å². The largest absolute Gasteiger partial charge is 0.469 e. The van der Waals surface area contributed by atoms with Crippen LogP contribution in [-0.2, 0) is 14.3 Å². The monoisotopic (exact) mass is 388 g/mol. The van der Waals surface area contributed by atoms with E-state index < -0.39 is 17.5 Å². The molecule has 0 bridgehead atoms. The average molecular weight is 388 g/mol. The summed E-state index contributed by atoms with van der Waals surface area (Å²) < 4.78 is 15.3. The molecule has 1 aliphatic rings. The van der Waals surface area contributed by atoms with Crippen LogP contribution in [0.3, 0.4) is 0 Å². The molecule has 1 fully saturated rings. The summed E-state index contributed by atoms with van der Waals surface area (Å²) >= 11 is 0. The van der Waals surface area contributed by atoms with Crippen LogP contribution in [0.4, 0.5) is 0 Å². The summed E-state index contributed by atoms with van der Waals surface area (Å²) in [6.45, 7) is 4.09. The Hall–Kier alpha value is -2.71. The Morgan fingerprint density at radius 2 is 1.93 bits per heavy atom. The molecule has 0 atom stereocenters. The Morgan fingerprint density at radius 1 is 1.18 bits per heavy atom. The van der Waals surface area contributed by atoms with Crippen molar-refractivity contribution in [3.8, 4) is 0 Å². The lowest BCUT2D eigenvalue weighted by atomic mass is 10.1. The molecule has 0 saturated carbocycles.